The molecule has 10 heteroatoms. The van der Waals surface area contributed by atoms with Gasteiger partial charge in [-0.15, -0.1) is 0 Å². The number of fused-ring (bicyclic) bond motifs is 1. The van der Waals surface area contributed by atoms with E-state index in [1.807, 2.05) is 24.3 Å². The SMILES string of the molecule is CN1CCCC(COc2ccc(Nc3nc4nc(C#N)c(Oc5ccc(Cl)cc5Cl)cc4s3)cc2)C1. The molecule has 1 saturated heterocycles. The average molecular weight is 540 g/mol. The van der Waals surface area contributed by atoms with E-state index in [0.717, 1.165) is 29.3 Å². The summed E-state index contributed by atoms with van der Waals surface area (Å²) >= 11 is 13.6. The van der Waals surface area contributed by atoms with Crippen molar-refractivity contribution >= 4 is 55.7 Å². The number of hydrogen-bond donors (Lipinski definition) is 1. The summed E-state index contributed by atoms with van der Waals surface area (Å²) in [6.45, 7) is 2.98. The number of pyridine rings is 1. The maximum absolute atomic E-state index is 9.58. The number of ether oxygens (including phenoxy) is 2. The number of likely N-dealkylation sites (tertiary alicyclic amines) is 1. The van der Waals surface area contributed by atoms with Crippen molar-refractivity contribution in [3.05, 3.63) is 64.3 Å². The summed E-state index contributed by atoms with van der Waals surface area (Å²) in [4.78, 5) is 11.3. The summed E-state index contributed by atoms with van der Waals surface area (Å²) in [7, 11) is 2.16. The van der Waals surface area contributed by atoms with Gasteiger partial charge in [0, 0.05) is 29.2 Å². The Bertz CT molecular complexity index is 1420. The van der Waals surface area contributed by atoms with Crippen LogP contribution < -0.4 is 14.8 Å². The first kappa shape index (κ1) is 24.6. The molecule has 7 nitrogen and oxygen atoms in total. The van der Waals surface area contributed by atoms with E-state index in [9.17, 15) is 5.26 Å². The second-order valence-electron chi connectivity index (χ2n) is 8.70. The predicted molar refractivity (Wildman–Crippen MR) is 144 cm³/mol. The smallest absolute Gasteiger partial charge is 0.189 e. The third-order valence-corrected chi connectivity index (χ3v) is 7.32. The van der Waals surface area contributed by atoms with Gasteiger partial charge in [0.25, 0.3) is 0 Å². The van der Waals surface area contributed by atoms with E-state index in [1.165, 1.54) is 30.7 Å². The Hall–Kier alpha value is -3.09. The highest BCUT2D eigenvalue weighted by Gasteiger charge is 2.18. The normalized spacial score (nSPS) is 16.0. The highest BCUT2D eigenvalue weighted by molar-refractivity contribution is 7.22. The third-order valence-electron chi connectivity index (χ3n) is 5.88. The van der Waals surface area contributed by atoms with Crippen molar-refractivity contribution in [1.82, 2.24) is 14.9 Å². The van der Waals surface area contributed by atoms with Crippen LogP contribution in [0.2, 0.25) is 10.0 Å². The largest absolute Gasteiger partial charge is 0.493 e. The van der Waals surface area contributed by atoms with Gasteiger partial charge < -0.3 is 19.7 Å². The monoisotopic (exact) mass is 539 g/mol. The fraction of sp³-hybridized carbons (Fsp3) is 0.269. The molecular weight excluding hydrogens is 517 g/mol. The van der Waals surface area contributed by atoms with Gasteiger partial charge in [-0.1, -0.05) is 34.5 Å². The number of nitrogens with zero attached hydrogens (tertiary/aromatic N) is 4. The van der Waals surface area contributed by atoms with Crippen LogP contribution in [-0.4, -0.2) is 41.6 Å². The molecule has 0 saturated carbocycles. The minimum absolute atomic E-state index is 0.121. The number of halogens is 2. The summed E-state index contributed by atoms with van der Waals surface area (Å²) in [5.41, 5.74) is 1.46. The Labute approximate surface area is 223 Å². The molecule has 0 aliphatic carbocycles. The molecular formula is C26H23Cl2N5O2S. The van der Waals surface area contributed by atoms with Crippen LogP contribution in [0.3, 0.4) is 0 Å². The Morgan fingerprint density at radius 3 is 2.72 bits per heavy atom. The number of nitrogens with one attached hydrogen (secondary N) is 1. The Morgan fingerprint density at radius 2 is 1.97 bits per heavy atom. The molecule has 36 heavy (non-hydrogen) atoms. The zero-order valence-corrected chi connectivity index (χ0v) is 21.8. The van der Waals surface area contributed by atoms with Crippen LogP contribution in [0.5, 0.6) is 17.2 Å². The van der Waals surface area contributed by atoms with Gasteiger partial charge >= 0.3 is 0 Å². The van der Waals surface area contributed by atoms with Gasteiger partial charge in [-0.05, 0) is 68.9 Å². The molecule has 0 amide bonds. The number of aromatic nitrogens is 2. The molecule has 1 atom stereocenters. The number of rotatable bonds is 7. The van der Waals surface area contributed by atoms with Crippen molar-refractivity contribution in [3.63, 3.8) is 0 Å². The van der Waals surface area contributed by atoms with E-state index in [-0.39, 0.29) is 5.69 Å². The minimum atomic E-state index is 0.121. The van der Waals surface area contributed by atoms with Crippen molar-refractivity contribution in [3.8, 4) is 23.3 Å². The first-order chi connectivity index (χ1) is 17.5. The van der Waals surface area contributed by atoms with E-state index in [2.05, 4.69) is 33.3 Å². The fourth-order valence-electron chi connectivity index (χ4n) is 4.12. The summed E-state index contributed by atoms with van der Waals surface area (Å²) in [6.07, 6.45) is 2.44. The second-order valence-corrected chi connectivity index (χ2v) is 10.6. The van der Waals surface area contributed by atoms with Crippen molar-refractivity contribution in [2.45, 2.75) is 12.8 Å². The lowest BCUT2D eigenvalue weighted by Gasteiger charge is -2.29. The Balaban J connectivity index is 1.27. The van der Waals surface area contributed by atoms with Crippen molar-refractivity contribution in [1.29, 1.82) is 5.26 Å². The quantitative estimate of drug-likeness (QED) is 0.267. The topological polar surface area (TPSA) is 83.3 Å². The molecule has 1 aliphatic rings. The molecule has 2 aromatic carbocycles. The molecule has 184 valence electrons. The molecule has 2 aromatic heterocycles. The maximum atomic E-state index is 9.58. The molecule has 4 aromatic rings. The molecule has 1 aliphatic heterocycles. The van der Waals surface area contributed by atoms with Crippen molar-refractivity contribution in [2.24, 2.45) is 5.92 Å². The van der Waals surface area contributed by atoms with Crippen LogP contribution >= 0.6 is 34.5 Å². The molecule has 1 N–H and O–H groups in total. The standard InChI is InChI=1S/C26H23Cl2N5O2S/c1-33-10-2-3-16(14-33)15-34-19-7-5-18(6-8-19)30-26-32-25-24(36-26)12-23(21(13-29)31-25)35-22-9-4-17(27)11-20(22)28/h4-9,11-12,16H,2-3,10,14-15H2,1H3,(H,30,31,32). The number of hydrogen-bond acceptors (Lipinski definition) is 8. The molecule has 1 unspecified atom stereocenters. The van der Waals surface area contributed by atoms with E-state index in [4.69, 9.17) is 32.7 Å². The number of thiazole rings is 1. The van der Waals surface area contributed by atoms with Gasteiger partial charge in [0.05, 0.1) is 16.3 Å². The van der Waals surface area contributed by atoms with E-state index in [1.54, 1.807) is 24.3 Å². The summed E-state index contributed by atoms with van der Waals surface area (Å²) in [5.74, 6) is 2.11. The van der Waals surface area contributed by atoms with Crippen molar-refractivity contribution in [2.75, 3.05) is 32.1 Å². The minimum Gasteiger partial charge on any atom is -0.493 e. The average Bonchev–Trinajstić information content (AvgIpc) is 3.26. The molecule has 1 fully saturated rings. The highest BCUT2D eigenvalue weighted by atomic mass is 35.5. The van der Waals surface area contributed by atoms with Crippen molar-refractivity contribution < 1.29 is 9.47 Å². The third kappa shape index (κ3) is 5.82. The molecule has 0 bridgehead atoms. The summed E-state index contributed by atoms with van der Waals surface area (Å²) in [5, 5.41) is 14.4. The van der Waals surface area contributed by atoms with Gasteiger partial charge in [-0.2, -0.15) is 10.2 Å². The lowest BCUT2D eigenvalue weighted by atomic mass is 10.00. The molecule has 5 rings (SSSR count). The molecule has 0 radical (unpaired) electrons. The maximum Gasteiger partial charge on any atom is 0.189 e. The number of nitriles is 1. The highest BCUT2D eigenvalue weighted by Crippen LogP contribution is 2.36. The zero-order chi connectivity index (χ0) is 25.1. The Morgan fingerprint density at radius 1 is 1.14 bits per heavy atom. The first-order valence-electron chi connectivity index (χ1n) is 11.5. The van der Waals surface area contributed by atoms with Gasteiger partial charge in [-0.3, -0.25) is 0 Å². The van der Waals surface area contributed by atoms with Crippen LogP contribution in [0.4, 0.5) is 10.8 Å². The summed E-state index contributed by atoms with van der Waals surface area (Å²) < 4.78 is 12.7. The van der Waals surface area contributed by atoms with E-state index in [0.29, 0.717) is 38.2 Å². The number of piperidine rings is 1. The van der Waals surface area contributed by atoms with Gasteiger partial charge in [0.15, 0.2) is 22.2 Å². The Kier molecular flexibility index (Phi) is 7.44. The second kappa shape index (κ2) is 10.9. The van der Waals surface area contributed by atoms with Gasteiger partial charge in [-0.25, -0.2) is 4.98 Å². The molecule has 3 heterocycles. The van der Waals surface area contributed by atoms with Gasteiger partial charge in [0.2, 0.25) is 0 Å². The fourth-order valence-corrected chi connectivity index (χ4v) is 5.42. The first-order valence-corrected chi connectivity index (χ1v) is 13.1. The summed E-state index contributed by atoms with van der Waals surface area (Å²) in [6, 6.07) is 16.5. The lowest BCUT2D eigenvalue weighted by Crippen LogP contribution is -2.34. The number of anilines is 2. The van der Waals surface area contributed by atoms with E-state index >= 15 is 0 Å². The molecule has 0 spiro atoms. The predicted octanol–water partition coefficient (Wildman–Crippen LogP) is 7.13. The zero-order valence-electron chi connectivity index (χ0n) is 19.5. The number of benzene rings is 2. The van der Waals surface area contributed by atoms with Crippen LogP contribution in [-0.2, 0) is 0 Å². The van der Waals surface area contributed by atoms with Crippen LogP contribution in [0.15, 0.2) is 48.5 Å². The van der Waals surface area contributed by atoms with Crippen LogP contribution in [0.1, 0.15) is 18.5 Å². The van der Waals surface area contributed by atoms with Gasteiger partial charge in [0.1, 0.15) is 17.6 Å². The van der Waals surface area contributed by atoms with E-state index < -0.39 is 0 Å². The van der Waals surface area contributed by atoms with Crippen LogP contribution in [0, 0.1) is 17.2 Å². The lowest BCUT2D eigenvalue weighted by molar-refractivity contribution is 0.150. The van der Waals surface area contributed by atoms with Crippen LogP contribution in [0.25, 0.3) is 10.3 Å².